The summed E-state index contributed by atoms with van der Waals surface area (Å²) in [5.74, 6) is -0.419. The van der Waals surface area contributed by atoms with Crippen LogP contribution in [0.15, 0.2) is 34.8 Å². The molecule has 0 aliphatic carbocycles. The third kappa shape index (κ3) is 2.48. The first-order chi connectivity index (χ1) is 9.47. The second kappa shape index (κ2) is 5.75. The van der Waals surface area contributed by atoms with Crippen molar-refractivity contribution in [1.82, 2.24) is 0 Å². The highest BCUT2D eigenvalue weighted by Gasteiger charge is 2.22. The summed E-state index contributed by atoms with van der Waals surface area (Å²) in [6, 6.07) is 7.84. The first-order valence-electron chi connectivity index (χ1n) is 6.10. The summed E-state index contributed by atoms with van der Waals surface area (Å²) in [6.07, 6.45) is 0. The van der Waals surface area contributed by atoms with Gasteiger partial charge in [-0.1, -0.05) is 28.1 Å². The molecule has 0 aromatic heterocycles. The zero-order chi connectivity index (χ0) is 14.9. The summed E-state index contributed by atoms with van der Waals surface area (Å²) in [5, 5.41) is 0. The molecule has 0 bridgehead atoms. The Balaban J connectivity index is 2.69. The summed E-state index contributed by atoms with van der Waals surface area (Å²) in [5.41, 5.74) is 2.00. The number of rotatable bonds is 3. The lowest BCUT2D eigenvalue weighted by Gasteiger charge is -2.15. The number of ketones is 1. The summed E-state index contributed by atoms with van der Waals surface area (Å²) in [7, 11) is 1.51. The third-order valence-corrected chi connectivity index (χ3v) is 4.04. The molecule has 0 N–H and O–H groups in total. The van der Waals surface area contributed by atoms with E-state index in [1.165, 1.54) is 19.2 Å². The van der Waals surface area contributed by atoms with Crippen molar-refractivity contribution in [2.45, 2.75) is 13.8 Å². The Bertz CT molecular complexity index is 680. The number of hydrogen-bond donors (Lipinski definition) is 0. The molecule has 0 atom stereocenters. The highest BCUT2D eigenvalue weighted by molar-refractivity contribution is 9.10. The van der Waals surface area contributed by atoms with Crippen molar-refractivity contribution in [2.24, 2.45) is 0 Å². The lowest BCUT2D eigenvalue weighted by atomic mass is 9.95. The van der Waals surface area contributed by atoms with Gasteiger partial charge in [0, 0.05) is 4.47 Å². The van der Waals surface area contributed by atoms with Crippen LogP contribution in [0.25, 0.3) is 0 Å². The van der Waals surface area contributed by atoms with Crippen molar-refractivity contribution in [3.8, 4) is 5.75 Å². The Morgan fingerprint density at radius 2 is 1.90 bits per heavy atom. The van der Waals surface area contributed by atoms with Crippen molar-refractivity contribution in [1.29, 1.82) is 0 Å². The van der Waals surface area contributed by atoms with Crippen molar-refractivity contribution in [2.75, 3.05) is 7.11 Å². The minimum atomic E-state index is -0.531. The Labute approximate surface area is 125 Å². The van der Waals surface area contributed by atoms with Crippen LogP contribution in [0.2, 0.25) is 0 Å². The van der Waals surface area contributed by atoms with E-state index < -0.39 is 5.82 Å². The fraction of sp³-hybridized carbons (Fsp3) is 0.188. The summed E-state index contributed by atoms with van der Waals surface area (Å²) < 4.78 is 20.0. The Morgan fingerprint density at radius 3 is 2.50 bits per heavy atom. The average molecular weight is 337 g/mol. The molecular formula is C16H14BrFO2. The zero-order valence-corrected chi connectivity index (χ0v) is 13.0. The number of carbonyl (C=O) groups excluding carboxylic acids is 1. The Kier molecular flexibility index (Phi) is 4.23. The van der Waals surface area contributed by atoms with Crippen molar-refractivity contribution >= 4 is 21.7 Å². The van der Waals surface area contributed by atoms with Gasteiger partial charge in [-0.05, 0) is 43.2 Å². The molecule has 0 radical (unpaired) electrons. The molecule has 0 aliphatic heterocycles. The summed E-state index contributed by atoms with van der Waals surface area (Å²) in [4.78, 5) is 12.6. The third-order valence-electron chi connectivity index (χ3n) is 3.21. The van der Waals surface area contributed by atoms with Gasteiger partial charge in [0.1, 0.15) is 11.6 Å². The monoisotopic (exact) mass is 336 g/mol. The number of benzene rings is 2. The summed E-state index contributed by atoms with van der Waals surface area (Å²) >= 11 is 3.42. The topological polar surface area (TPSA) is 26.3 Å². The fourth-order valence-electron chi connectivity index (χ4n) is 2.17. The minimum Gasteiger partial charge on any atom is -0.496 e. The molecule has 0 saturated carbocycles. The second-order valence-electron chi connectivity index (χ2n) is 4.52. The van der Waals surface area contributed by atoms with Crippen molar-refractivity contribution in [3.63, 3.8) is 0 Å². The number of hydrogen-bond acceptors (Lipinski definition) is 2. The van der Waals surface area contributed by atoms with E-state index in [9.17, 15) is 9.18 Å². The number of halogens is 2. The van der Waals surface area contributed by atoms with Gasteiger partial charge in [-0.25, -0.2) is 4.39 Å². The first kappa shape index (κ1) is 14.7. The normalized spacial score (nSPS) is 10.4. The molecule has 104 valence electrons. The molecule has 0 heterocycles. The minimum absolute atomic E-state index is 0.0476. The summed E-state index contributed by atoms with van der Waals surface area (Å²) in [6.45, 7) is 3.65. The van der Waals surface area contributed by atoms with Gasteiger partial charge in [0.05, 0.1) is 18.2 Å². The number of carbonyl (C=O) groups is 1. The van der Waals surface area contributed by atoms with Crippen LogP contribution >= 0.6 is 15.9 Å². The van der Waals surface area contributed by atoms with Crippen LogP contribution in [0.5, 0.6) is 5.75 Å². The maximum absolute atomic E-state index is 13.8. The molecule has 0 spiro atoms. The molecule has 0 aliphatic rings. The molecule has 0 amide bonds. The van der Waals surface area contributed by atoms with E-state index in [0.29, 0.717) is 11.3 Å². The van der Waals surface area contributed by atoms with Gasteiger partial charge >= 0.3 is 0 Å². The Morgan fingerprint density at radius 1 is 1.25 bits per heavy atom. The maximum atomic E-state index is 13.8. The van der Waals surface area contributed by atoms with Crippen molar-refractivity contribution < 1.29 is 13.9 Å². The molecule has 2 nitrogen and oxygen atoms in total. The van der Waals surface area contributed by atoms with Crippen LogP contribution in [0.1, 0.15) is 27.0 Å². The molecule has 4 heteroatoms. The molecule has 0 fully saturated rings. The second-order valence-corrected chi connectivity index (χ2v) is 5.37. The van der Waals surface area contributed by atoms with Gasteiger partial charge in [-0.3, -0.25) is 4.79 Å². The van der Waals surface area contributed by atoms with Crippen LogP contribution < -0.4 is 4.74 Å². The van der Waals surface area contributed by atoms with Crippen LogP contribution in [-0.4, -0.2) is 12.9 Å². The predicted molar refractivity (Wildman–Crippen MR) is 80.0 cm³/mol. The number of methoxy groups -OCH3 is 1. The highest BCUT2D eigenvalue weighted by Crippen LogP contribution is 2.34. The van der Waals surface area contributed by atoms with Gasteiger partial charge in [-0.2, -0.15) is 0 Å². The zero-order valence-electron chi connectivity index (χ0n) is 11.5. The molecule has 20 heavy (non-hydrogen) atoms. The van der Waals surface area contributed by atoms with Crippen LogP contribution in [0.4, 0.5) is 4.39 Å². The standard InChI is InChI=1S/C16H14BrFO2/c1-9-8-12(17)10(2)14(16(9)20-3)15(19)11-6-4-5-7-13(11)18/h4-8H,1-3H3. The molecule has 0 unspecified atom stereocenters. The Hall–Kier alpha value is -1.68. The number of ether oxygens (including phenoxy) is 1. The smallest absolute Gasteiger partial charge is 0.200 e. The molecule has 2 aromatic carbocycles. The molecule has 2 aromatic rings. The lowest BCUT2D eigenvalue weighted by molar-refractivity contribution is 0.103. The largest absolute Gasteiger partial charge is 0.496 e. The number of aryl methyl sites for hydroxylation is 1. The van der Waals surface area contributed by atoms with Gasteiger partial charge in [0.25, 0.3) is 0 Å². The van der Waals surface area contributed by atoms with Crippen molar-refractivity contribution in [3.05, 3.63) is 62.9 Å². The molecular weight excluding hydrogens is 323 g/mol. The van der Waals surface area contributed by atoms with Crippen LogP contribution in [0, 0.1) is 19.7 Å². The van der Waals surface area contributed by atoms with E-state index in [1.807, 2.05) is 13.0 Å². The SMILES string of the molecule is COc1c(C)cc(Br)c(C)c1C(=O)c1ccccc1F. The maximum Gasteiger partial charge on any atom is 0.200 e. The predicted octanol–water partition coefficient (Wildman–Crippen LogP) is 4.44. The van der Waals surface area contributed by atoms with E-state index in [2.05, 4.69) is 15.9 Å². The molecule has 0 saturated heterocycles. The fourth-order valence-corrected chi connectivity index (χ4v) is 2.71. The van der Waals surface area contributed by atoms with Gasteiger partial charge in [0.2, 0.25) is 0 Å². The van der Waals surface area contributed by atoms with Crippen LogP contribution in [-0.2, 0) is 0 Å². The van der Waals surface area contributed by atoms with E-state index in [-0.39, 0.29) is 11.3 Å². The van der Waals surface area contributed by atoms with E-state index in [1.54, 1.807) is 19.1 Å². The van der Waals surface area contributed by atoms with Gasteiger partial charge < -0.3 is 4.74 Å². The molecule has 2 rings (SSSR count). The van der Waals surface area contributed by atoms with E-state index >= 15 is 0 Å². The van der Waals surface area contributed by atoms with E-state index in [0.717, 1.165) is 15.6 Å². The average Bonchev–Trinajstić information content (AvgIpc) is 2.42. The van der Waals surface area contributed by atoms with Gasteiger partial charge in [-0.15, -0.1) is 0 Å². The lowest BCUT2D eigenvalue weighted by Crippen LogP contribution is -2.10. The quantitative estimate of drug-likeness (QED) is 0.774. The van der Waals surface area contributed by atoms with Gasteiger partial charge in [0.15, 0.2) is 5.78 Å². The van der Waals surface area contributed by atoms with Crippen LogP contribution in [0.3, 0.4) is 0 Å². The first-order valence-corrected chi connectivity index (χ1v) is 6.89. The highest BCUT2D eigenvalue weighted by atomic mass is 79.9. The van der Waals surface area contributed by atoms with E-state index in [4.69, 9.17) is 4.74 Å².